The molecule has 4 nitrogen and oxygen atoms in total. The van der Waals surface area contributed by atoms with Crippen LogP contribution >= 0.6 is 0 Å². The van der Waals surface area contributed by atoms with E-state index >= 15 is 0 Å². The summed E-state index contributed by atoms with van der Waals surface area (Å²) < 4.78 is 0. The largest absolute Gasteiger partial charge is 0.481 e. The van der Waals surface area contributed by atoms with Crippen LogP contribution < -0.4 is 0 Å². The second-order valence-electron chi connectivity index (χ2n) is 4.34. The number of likely N-dealkylation sites (tertiary alicyclic amines) is 1. The highest BCUT2D eigenvalue weighted by Gasteiger charge is 2.38. The lowest BCUT2D eigenvalue weighted by molar-refractivity contribution is -0.150. The first-order chi connectivity index (χ1) is 8.11. The van der Waals surface area contributed by atoms with Gasteiger partial charge in [0.25, 0.3) is 0 Å². The second kappa shape index (κ2) is 4.57. The van der Waals surface area contributed by atoms with Crippen LogP contribution in [0.4, 0.5) is 0 Å². The molecule has 1 saturated heterocycles. The van der Waals surface area contributed by atoms with E-state index in [0.717, 1.165) is 5.56 Å². The Hall–Kier alpha value is -1.84. The molecule has 1 aromatic rings. The summed E-state index contributed by atoms with van der Waals surface area (Å²) in [5.74, 6) is -1.34. The van der Waals surface area contributed by atoms with Gasteiger partial charge in [0.15, 0.2) is 0 Å². The molecule has 0 unspecified atom stereocenters. The Labute approximate surface area is 99.9 Å². The zero-order valence-corrected chi connectivity index (χ0v) is 9.67. The Morgan fingerprint density at radius 1 is 1.35 bits per heavy atom. The average Bonchev–Trinajstić information content (AvgIpc) is 2.33. The summed E-state index contributed by atoms with van der Waals surface area (Å²) in [4.78, 5) is 24.5. The number of carbonyl (C=O) groups excluding carboxylic acids is 1. The van der Waals surface area contributed by atoms with Gasteiger partial charge in [-0.25, -0.2) is 0 Å². The number of rotatable bonds is 2. The molecule has 1 fully saturated rings. The minimum Gasteiger partial charge on any atom is -0.481 e. The molecule has 90 valence electrons. The maximum atomic E-state index is 11.7. The molecule has 17 heavy (non-hydrogen) atoms. The van der Waals surface area contributed by atoms with E-state index in [1.54, 1.807) is 11.9 Å². The van der Waals surface area contributed by atoms with Crippen LogP contribution in [-0.2, 0) is 9.59 Å². The Balaban J connectivity index is 2.37. The molecule has 1 aliphatic rings. The van der Waals surface area contributed by atoms with Gasteiger partial charge >= 0.3 is 5.97 Å². The van der Waals surface area contributed by atoms with Gasteiger partial charge in [0.05, 0.1) is 12.0 Å². The number of carboxylic acids is 1. The monoisotopic (exact) mass is 233 g/mol. The van der Waals surface area contributed by atoms with Crippen LogP contribution in [0.5, 0.6) is 0 Å². The molecule has 1 N–H and O–H groups in total. The summed E-state index contributed by atoms with van der Waals surface area (Å²) in [6, 6.07) is 8.99. The smallest absolute Gasteiger partial charge is 0.308 e. The molecule has 0 aliphatic carbocycles. The number of piperidine rings is 1. The third-order valence-corrected chi connectivity index (χ3v) is 3.32. The lowest BCUT2D eigenvalue weighted by atomic mass is 9.85. The van der Waals surface area contributed by atoms with Crippen molar-refractivity contribution >= 4 is 11.9 Å². The molecule has 1 amide bonds. The number of benzene rings is 1. The number of nitrogens with zero attached hydrogens (tertiary/aromatic N) is 1. The van der Waals surface area contributed by atoms with Crippen molar-refractivity contribution < 1.29 is 14.7 Å². The molecule has 2 rings (SSSR count). The van der Waals surface area contributed by atoms with E-state index in [1.807, 2.05) is 30.3 Å². The van der Waals surface area contributed by atoms with E-state index in [4.69, 9.17) is 0 Å². The van der Waals surface area contributed by atoms with E-state index in [-0.39, 0.29) is 11.9 Å². The van der Waals surface area contributed by atoms with Gasteiger partial charge in [0, 0.05) is 13.5 Å². The predicted octanol–water partition coefficient (Wildman–Crippen LogP) is 1.68. The van der Waals surface area contributed by atoms with E-state index in [1.165, 1.54) is 0 Å². The van der Waals surface area contributed by atoms with Crippen LogP contribution in [0.2, 0.25) is 0 Å². The molecule has 1 heterocycles. The van der Waals surface area contributed by atoms with E-state index < -0.39 is 11.9 Å². The van der Waals surface area contributed by atoms with Gasteiger partial charge in [-0.2, -0.15) is 0 Å². The highest BCUT2D eigenvalue weighted by Crippen LogP contribution is 2.35. The van der Waals surface area contributed by atoms with Crippen LogP contribution in [0.3, 0.4) is 0 Å². The number of aliphatic carboxylic acids is 1. The van der Waals surface area contributed by atoms with Crippen molar-refractivity contribution in [3.63, 3.8) is 0 Å². The number of carbonyl (C=O) groups is 2. The molecule has 0 saturated carbocycles. The summed E-state index contributed by atoms with van der Waals surface area (Å²) in [5.41, 5.74) is 0.885. The maximum Gasteiger partial charge on any atom is 0.308 e. The first-order valence-electron chi connectivity index (χ1n) is 5.64. The van der Waals surface area contributed by atoms with Crippen LogP contribution in [0, 0.1) is 5.92 Å². The predicted molar refractivity (Wildman–Crippen MR) is 62.3 cm³/mol. The van der Waals surface area contributed by atoms with Crippen molar-refractivity contribution in [2.75, 3.05) is 7.05 Å². The summed E-state index contributed by atoms with van der Waals surface area (Å²) >= 11 is 0. The fourth-order valence-electron chi connectivity index (χ4n) is 2.40. The zero-order valence-electron chi connectivity index (χ0n) is 9.67. The normalized spacial score (nSPS) is 24.8. The van der Waals surface area contributed by atoms with Crippen molar-refractivity contribution in [3.05, 3.63) is 35.9 Å². The molecule has 1 aliphatic heterocycles. The minimum atomic E-state index is -0.835. The third kappa shape index (κ3) is 2.16. The molecule has 0 spiro atoms. The van der Waals surface area contributed by atoms with Gasteiger partial charge in [-0.05, 0) is 12.0 Å². The quantitative estimate of drug-likeness (QED) is 0.845. The molecule has 0 bridgehead atoms. The van der Waals surface area contributed by atoms with Gasteiger partial charge in [-0.15, -0.1) is 0 Å². The molecule has 2 atom stereocenters. The standard InChI is InChI=1S/C13H15NO3/c1-14-11(15)8-7-10(13(16)17)12(14)9-5-3-2-4-6-9/h2-6,10,12H,7-8H2,1H3,(H,16,17)/t10-,12-/m1/s1. The van der Waals surface area contributed by atoms with Crippen LogP contribution in [0.25, 0.3) is 0 Å². The van der Waals surface area contributed by atoms with Crippen LogP contribution in [-0.4, -0.2) is 28.9 Å². The lowest BCUT2D eigenvalue weighted by Crippen LogP contribution is -2.42. The van der Waals surface area contributed by atoms with Crippen LogP contribution in [0.15, 0.2) is 30.3 Å². The Kier molecular flexibility index (Phi) is 3.13. The first-order valence-corrected chi connectivity index (χ1v) is 5.64. The SMILES string of the molecule is CN1C(=O)CC[C@@H](C(=O)O)[C@H]1c1ccccc1. The van der Waals surface area contributed by atoms with Crippen molar-refractivity contribution in [2.24, 2.45) is 5.92 Å². The molecule has 1 aromatic carbocycles. The van der Waals surface area contributed by atoms with E-state index in [9.17, 15) is 14.7 Å². The van der Waals surface area contributed by atoms with Gasteiger partial charge in [0.1, 0.15) is 0 Å². The van der Waals surface area contributed by atoms with Crippen molar-refractivity contribution in [3.8, 4) is 0 Å². The lowest BCUT2D eigenvalue weighted by Gasteiger charge is -2.37. The van der Waals surface area contributed by atoms with Crippen molar-refractivity contribution in [1.29, 1.82) is 0 Å². The van der Waals surface area contributed by atoms with E-state index in [0.29, 0.717) is 12.8 Å². The molecular formula is C13H15NO3. The molecular weight excluding hydrogens is 218 g/mol. The van der Waals surface area contributed by atoms with Gasteiger partial charge < -0.3 is 10.0 Å². The molecule has 0 aromatic heterocycles. The first kappa shape index (κ1) is 11.6. The van der Waals surface area contributed by atoms with Crippen molar-refractivity contribution in [2.45, 2.75) is 18.9 Å². The molecule has 4 heteroatoms. The van der Waals surface area contributed by atoms with Crippen molar-refractivity contribution in [1.82, 2.24) is 4.90 Å². The molecule has 0 radical (unpaired) electrons. The second-order valence-corrected chi connectivity index (χ2v) is 4.34. The summed E-state index contributed by atoms with van der Waals surface area (Å²) in [5, 5.41) is 9.24. The Morgan fingerprint density at radius 2 is 2.00 bits per heavy atom. The highest BCUT2D eigenvalue weighted by atomic mass is 16.4. The van der Waals surface area contributed by atoms with Crippen LogP contribution in [0.1, 0.15) is 24.4 Å². The fraction of sp³-hybridized carbons (Fsp3) is 0.385. The number of carboxylic acid groups (broad SMARTS) is 1. The number of hydrogen-bond acceptors (Lipinski definition) is 2. The highest BCUT2D eigenvalue weighted by molar-refractivity contribution is 5.81. The average molecular weight is 233 g/mol. The topological polar surface area (TPSA) is 57.6 Å². The Morgan fingerprint density at radius 3 is 2.59 bits per heavy atom. The van der Waals surface area contributed by atoms with Gasteiger partial charge in [-0.3, -0.25) is 9.59 Å². The van der Waals surface area contributed by atoms with Gasteiger partial charge in [0.2, 0.25) is 5.91 Å². The summed E-state index contributed by atoms with van der Waals surface area (Å²) in [7, 11) is 1.68. The minimum absolute atomic E-state index is 0.0105. The zero-order chi connectivity index (χ0) is 12.4. The Bertz CT molecular complexity index is 430. The number of hydrogen-bond donors (Lipinski definition) is 1. The maximum absolute atomic E-state index is 11.7. The van der Waals surface area contributed by atoms with Gasteiger partial charge in [-0.1, -0.05) is 30.3 Å². The summed E-state index contributed by atoms with van der Waals surface area (Å²) in [6.45, 7) is 0. The fourth-order valence-corrected chi connectivity index (χ4v) is 2.40. The van der Waals surface area contributed by atoms with E-state index in [2.05, 4.69) is 0 Å². The third-order valence-electron chi connectivity index (χ3n) is 3.32. The number of amides is 1. The summed E-state index contributed by atoms with van der Waals surface area (Å²) in [6.07, 6.45) is 0.731.